The maximum absolute atomic E-state index is 14.6. The zero-order valence-electron chi connectivity index (χ0n) is 31.1. The molecule has 2 aromatic heterocycles. The number of esters is 2. The van der Waals surface area contributed by atoms with Crippen LogP contribution in [0.2, 0.25) is 0 Å². The van der Waals surface area contributed by atoms with Crippen LogP contribution >= 0.6 is 11.3 Å². The van der Waals surface area contributed by atoms with Gasteiger partial charge in [-0.05, 0) is 85.9 Å². The van der Waals surface area contributed by atoms with Gasteiger partial charge in [-0.15, -0.1) is 0 Å². The molecule has 0 spiro atoms. The summed E-state index contributed by atoms with van der Waals surface area (Å²) in [6, 6.07) is 19.7. The van der Waals surface area contributed by atoms with Gasteiger partial charge in [-0.25, -0.2) is 14.5 Å². The van der Waals surface area contributed by atoms with Gasteiger partial charge in [0.15, 0.2) is 16.3 Å². The molecule has 3 heterocycles. The van der Waals surface area contributed by atoms with Crippen LogP contribution in [0.1, 0.15) is 56.8 Å². The Morgan fingerprint density at radius 1 is 1.02 bits per heavy atom. The smallest absolute Gasteiger partial charge is 0.338 e. The van der Waals surface area contributed by atoms with E-state index in [4.69, 9.17) is 29.0 Å². The van der Waals surface area contributed by atoms with Crippen molar-refractivity contribution >= 4 is 29.4 Å². The Morgan fingerprint density at radius 2 is 1.78 bits per heavy atom. The third-order valence-corrected chi connectivity index (χ3v) is 9.76. The summed E-state index contributed by atoms with van der Waals surface area (Å²) in [5.41, 5.74) is 4.81. The van der Waals surface area contributed by atoms with Crippen molar-refractivity contribution in [2.24, 2.45) is 10.9 Å². The number of fused-ring (bicyclic) bond motifs is 1. The van der Waals surface area contributed by atoms with Crippen molar-refractivity contribution in [2.75, 3.05) is 20.3 Å². The summed E-state index contributed by atoms with van der Waals surface area (Å²) < 4.78 is 26.1. The number of ether oxygens (including phenoxy) is 4. The molecule has 5 aromatic rings. The van der Waals surface area contributed by atoms with Gasteiger partial charge in [-0.1, -0.05) is 62.1 Å². The Labute approximate surface area is 317 Å². The number of nitrogens with zero attached hydrogens (tertiary/aromatic N) is 4. The molecule has 0 radical (unpaired) electrons. The summed E-state index contributed by atoms with van der Waals surface area (Å²) in [6.07, 6.45) is 6.13. The van der Waals surface area contributed by atoms with E-state index in [-0.39, 0.29) is 29.2 Å². The summed E-state index contributed by atoms with van der Waals surface area (Å²) >= 11 is 1.21. The van der Waals surface area contributed by atoms with Crippen LogP contribution in [0.25, 0.3) is 23.0 Å². The second-order valence-corrected chi connectivity index (χ2v) is 14.2. The number of methoxy groups -OCH3 is 1. The minimum Gasteiger partial charge on any atom is -0.493 e. The van der Waals surface area contributed by atoms with Crippen molar-refractivity contribution in [3.05, 3.63) is 133 Å². The van der Waals surface area contributed by atoms with Gasteiger partial charge < -0.3 is 18.9 Å². The number of hydrogen-bond acceptors (Lipinski definition) is 10. The molecule has 1 unspecified atom stereocenters. The fourth-order valence-corrected chi connectivity index (χ4v) is 7.18. The fourth-order valence-electron chi connectivity index (χ4n) is 6.14. The number of aromatic nitrogens is 3. The van der Waals surface area contributed by atoms with Gasteiger partial charge in [0.2, 0.25) is 0 Å². The van der Waals surface area contributed by atoms with Crippen molar-refractivity contribution in [3.8, 4) is 34.2 Å². The summed E-state index contributed by atoms with van der Waals surface area (Å²) in [4.78, 5) is 45.1. The second kappa shape index (κ2) is 16.3. The van der Waals surface area contributed by atoms with E-state index in [2.05, 4.69) is 20.4 Å². The van der Waals surface area contributed by atoms with Crippen LogP contribution in [-0.2, 0) is 14.3 Å². The van der Waals surface area contributed by atoms with Gasteiger partial charge in [0.05, 0.1) is 41.2 Å². The van der Waals surface area contributed by atoms with Gasteiger partial charge in [0.25, 0.3) is 5.56 Å². The van der Waals surface area contributed by atoms with Crippen LogP contribution in [0.15, 0.2) is 107 Å². The molecule has 3 aromatic carbocycles. The molecule has 0 N–H and O–H groups in total. The first-order valence-electron chi connectivity index (χ1n) is 17.5. The number of thiazole rings is 1. The molecular formula is C42H42N4O7S. The Kier molecular flexibility index (Phi) is 11.4. The molecule has 0 fully saturated rings. The molecule has 54 heavy (non-hydrogen) atoms. The topological polar surface area (TPSA) is 123 Å². The SMILES string of the molecule is C=CCOC(=O)C1=C(C)N=c2sc(=Cc3cn(-c4ccccc4)nc3-c3ccc(OCCC(C)C)c(C)c3)c(=O)n2C1c1ccc(OC(C)=O)c(OC)c1. The van der Waals surface area contributed by atoms with Crippen molar-refractivity contribution in [3.63, 3.8) is 0 Å². The molecule has 0 saturated heterocycles. The Bertz CT molecular complexity index is 2440. The van der Waals surface area contributed by atoms with Crippen molar-refractivity contribution in [1.29, 1.82) is 0 Å². The van der Waals surface area contributed by atoms with Crippen LogP contribution in [0.3, 0.4) is 0 Å². The number of para-hydroxylation sites is 1. The van der Waals surface area contributed by atoms with Crippen LogP contribution in [0, 0.1) is 12.8 Å². The van der Waals surface area contributed by atoms with Gasteiger partial charge in [0.1, 0.15) is 18.1 Å². The zero-order valence-corrected chi connectivity index (χ0v) is 31.9. The van der Waals surface area contributed by atoms with E-state index in [1.54, 1.807) is 29.8 Å². The van der Waals surface area contributed by atoms with E-state index < -0.39 is 18.0 Å². The first kappa shape index (κ1) is 37.7. The van der Waals surface area contributed by atoms with Crippen molar-refractivity contribution in [1.82, 2.24) is 14.3 Å². The number of benzene rings is 3. The number of hydrogen-bond donors (Lipinski definition) is 0. The summed E-state index contributed by atoms with van der Waals surface area (Å²) in [5.74, 6) is 0.639. The molecule has 0 bridgehead atoms. The highest BCUT2D eigenvalue weighted by atomic mass is 32.1. The van der Waals surface area contributed by atoms with E-state index in [1.807, 2.05) is 67.7 Å². The Balaban J connectivity index is 1.51. The highest BCUT2D eigenvalue weighted by Crippen LogP contribution is 2.36. The first-order valence-corrected chi connectivity index (χ1v) is 18.4. The Morgan fingerprint density at radius 3 is 2.46 bits per heavy atom. The quantitative estimate of drug-likeness (QED) is 0.0762. The van der Waals surface area contributed by atoms with E-state index in [0.717, 1.165) is 29.0 Å². The number of carbonyl (C=O) groups excluding carboxylic acids is 2. The third kappa shape index (κ3) is 7.98. The lowest BCUT2D eigenvalue weighted by atomic mass is 9.95. The van der Waals surface area contributed by atoms with Gasteiger partial charge in [-0.3, -0.25) is 14.2 Å². The second-order valence-electron chi connectivity index (χ2n) is 13.2. The largest absolute Gasteiger partial charge is 0.493 e. The number of aryl methyl sites for hydroxylation is 1. The van der Waals surface area contributed by atoms with E-state index in [0.29, 0.717) is 44.4 Å². The summed E-state index contributed by atoms with van der Waals surface area (Å²) in [7, 11) is 1.44. The van der Waals surface area contributed by atoms with Crippen LogP contribution in [-0.4, -0.2) is 46.6 Å². The maximum Gasteiger partial charge on any atom is 0.338 e. The molecule has 11 nitrogen and oxygen atoms in total. The van der Waals surface area contributed by atoms with E-state index in [1.165, 1.54) is 36.0 Å². The molecule has 12 heteroatoms. The molecular weight excluding hydrogens is 705 g/mol. The molecule has 0 aliphatic carbocycles. The predicted octanol–water partition coefficient (Wildman–Crippen LogP) is 6.48. The lowest BCUT2D eigenvalue weighted by Gasteiger charge is -2.25. The van der Waals surface area contributed by atoms with Gasteiger partial charge in [0, 0.05) is 24.2 Å². The predicted molar refractivity (Wildman–Crippen MR) is 208 cm³/mol. The number of rotatable bonds is 13. The highest BCUT2D eigenvalue weighted by molar-refractivity contribution is 7.07. The van der Waals surface area contributed by atoms with Gasteiger partial charge >= 0.3 is 11.9 Å². The molecule has 278 valence electrons. The maximum atomic E-state index is 14.6. The lowest BCUT2D eigenvalue weighted by molar-refractivity contribution is -0.138. The number of allylic oxidation sites excluding steroid dienone is 1. The van der Waals surface area contributed by atoms with Crippen LogP contribution < -0.4 is 29.1 Å². The molecule has 1 aliphatic rings. The molecule has 0 saturated carbocycles. The van der Waals surface area contributed by atoms with Crippen LogP contribution in [0.4, 0.5) is 0 Å². The highest BCUT2D eigenvalue weighted by Gasteiger charge is 2.34. The fraction of sp³-hybridized carbons (Fsp3) is 0.262. The molecule has 1 atom stereocenters. The standard InChI is InChI=1S/C42H42N4O7S/c1-8-19-52-41(49)37-27(5)43-42-46(39(37)30-15-17-34(53-28(6)47)35(22-30)50-7)40(48)36(54-42)23-31-24-45(32-12-10-9-11-13-32)44-38(31)29-14-16-33(26(4)21-29)51-20-18-25(2)3/h8-17,21-25,39H,1,18-20H2,2-7H3. The average molecular weight is 747 g/mol. The number of carbonyl (C=O) groups is 2. The minimum atomic E-state index is -0.932. The van der Waals surface area contributed by atoms with E-state index >= 15 is 0 Å². The normalized spacial score (nSPS) is 14.1. The molecule has 0 amide bonds. The first-order chi connectivity index (χ1) is 26.0. The minimum absolute atomic E-state index is 0.0276. The monoisotopic (exact) mass is 746 g/mol. The average Bonchev–Trinajstić information content (AvgIpc) is 3.71. The van der Waals surface area contributed by atoms with Crippen molar-refractivity contribution < 1.29 is 28.5 Å². The van der Waals surface area contributed by atoms with Gasteiger partial charge in [-0.2, -0.15) is 5.10 Å². The van der Waals surface area contributed by atoms with E-state index in [9.17, 15) is 14.4 Å². The van der Waals surface area contributed by atoms with Crippen LogP contribution in [0.5, 0.6) is 17.2 Å². The zero-order chi connectivity index (χ0) is 38.5. The summed E-state index contributed by atoms with van der Waals surface area (Å²) in [6.45, 7) is 13.6. The molecule has 6 rings (SSSR count). The molecule has 1 aliphatic heterocycles. The van der Waals surface area contributed by atoms with Crippen molar-refractivity contribution in [2.45, 2.75) is 47.1 Å². The Hall–Kier alpha value is -6.01. The lowest BCUT2D eigenvalue weighted by Crippen LogP contribution is -2.40. The third-order valence-electron chi connectivity index (χ3n) is 8.78. The summed E-state index contributed by atoms with van der Waals surface area (Å²) in [5, 5.41) is 4.99.